The van der Waals surface area contributed by atoms with Crippen LogP contribution in [0, 0.1) is 0 Å². The molecular formula is C17H35NO2S. The topological polar surface area (TPSA) is 38.3 Å². The number of hydrogen-bond acceptors (Lipinski definition) is 4. The highest BCUT2D eigenvalue weighted by atomic mass is 32.1. The lowest BCUT2D eigenvalue weighted by molar-refractivity contribution is -0.145. The van der Waals surface area contributed by atoms with Crippen molar-refractivity contribution in [3.63, 3.8) is 0 Å². The summed E-state index contributed by atoms with van der Waals surface area (Å²) in [6.07, 6.45) is 14.4. The quantitative estimate of drug-likeness (QED) is 0.268. The fourth-order valence-electron chi connectivity index (χ4n) is 2.32. The summed E-state index contributed by atoms with van der Waals surface area (Å²) >= 11 is 4.11. The van der Waals surface area contributed by atoms with E-state index >= 15 is 0 Å². The molecule has 0 rings (SSSR count). The van der Waals surface area contributed by atoms with Crippen LogP contribution in [0.3, 0.4) is 0 Å². The lowest BCUT2D eigenvalue weighted by atomic mass is 10.1. The van der Waals surface area contributed by atoms with Gasteiger partial charge < -0.3 is 10.1 Å². The minimum atomic E-state index is -0.277. The molecule has 0 aliphatic heterocycles. The summed E-state index contributed by atoms with van der Waals surface area (Å²) in [6, 6.07) is -0.277. The monoisotopic (exact) mass is 317 g/mol. The van der Waals surface area contributed by atoms with Crippen LogP contribution in [0.15, 0.2) is 0 Å². The zero-order chi connectivity index (χ0) is 15.8. The van der Waals surface area contributed by atoms with Gasteiger partial charge in [-0.15, -0.1) is 0 Å². The smallest absolute Gasteiger partial charge is 0.323 e. The molecule has 0 aromatic heterocycles. The maximum atomic E-state index is 11.6. The molecule has 0 amide bonds. The molecule has 0 radical (unpaired) electrons. The second-order valence-corrected chi connectivity index (χ2v) is 6.09. The third kappa shape index (κ3) is 13.2. The van der Waals surface area contributed by atoms with Crippen LogP contribution in [0.1, 0.15) is 77.6 Å². The van der Waals surface area contributed by atoms with Gasteiger partial charge in [0.15, 0.2) is 0 Å². The van der Waals surface area contributed by atoms with Crippen LogP contribution in [0.2, 0.25) is 0 Å². The third-order valence-electron chi connectivity index (χ3n) is 3.81. The summed E-state index contributed by atoms with van der Waals surface area (Å²) in [7, 11) is 1.75. The van der Waals surface area contributed by atoms with Gasteiger partial charge in [0, 0.05) is 5.75 Å². The maximum absolute atomic E-state index is 11.6. The Hall–Kier alpha value is -0.220. The van der Waals surface area contributed by atoms with Crippen LogP contribution in [0.5, 0.6) is 0 Å². The first-order chi connectivity index (χ1) is 10.3. The molecule has 0 aromatic rings. The van der Waals surface area contributed by atoms with Gasteiger partial charge in [-0.3, -0.25) is 4.79 Å². The van der Waals surface area contributed by atoms with Crippen molar-refractivity contribution in [2.45, 2.75) is 83.6 Å². The van der Waals surface area contributed by atoms with Gasteiger partial charge in [0.25, 0.3) is 0 Å². The van der Waals surface area contributed by atoms with Gasteiger partial charge in [-0.2, -0.15) is 12.6 Å². The number of ether oxygens (including phenoxy) is 1. The van der Waals surface area contributed by atoms with E-state index in [0.29, 0.717) is 12.4 Å². The van der Waals surface area contributed by atoms with E-state index in [4.69, 9.17) is 4.74 Å². The van der Waals surface area contributed by atoms with E-state index in [9.17, 15) is 4.79 Å². The Morgan fingerprint density at radius 3 is 1.86 bits per heavy atom. The minimum absolute atomic E-state index is 0.181. The van der Waals surface area contributed by atoms with Crippen LogP contribution in [-0.4, -0.2) is 31.4 Å². The highest BCUT2D eigenvalue weighted by Crippen LogP contribution is 2.11. The van der Waals surface area contributed by atoms with Crippen molar-refractivity contribution in [1.82, 2.24) is 5.32 Å². The number of hydrogen-bond donors (Lipinski definition) is 2. The summed E-state index contributed by atoms with van der Waals surface area (Å²) < 4.78 is 5.22. The van der Waals surface area contributed by atoms with E-state index in [1.54, 1.807) is 7.05 Å². The highest BCUT2D eigenvalue weighted by Gasteiger charge is 2.15. The fourth-order valence-corrected chi connectivity index (χ4v) is 2.65. The Morgan fingerprint density at radius 2 is 1.43 bits per heavy atom. The predicted octanol–water partition coefficient (Wildman–Crippen LogP) is 4.36. The van der Waals surface area contributed by atoms with Crippen molar-refractivity contribution in [3.05, 3.63) is 0 Å². The number of carbonyl (C=O) groups is 1. The second-order valence-electron chi connectivity index (χ2n) is 5.73. The standard InChI is InChI=1S/C17H35NO2S/c1-3-4-5-6-7-8-9-10-11-12-13-14-20-17(19)16(15-21)18-2/h16,18,21H,3-15H2,1-2H3/t16-/m0/s1. The SMILES string of the molecule is CCCCCCCCCCCCCOC(=O)[C@H](CS)NC. The maximum Gasteiger partial charge on any atom is 0.323 e. The normalized spacial score (nSPS) is 12.3. The van der Waals surface area contributed by atoms with E-state index in [0.717, 1.165) is 12.8 Å². The van der Waals surface area contributed by atoms with Crippen molar-refractivity contribution in [3.8, 4) is 0 Å². The molecule has 126 valence electrons. The number of likely N-dealkylation sites (N-methyl/N-ethyl adjacent to an activating group) is 1. The van der Waals surface area contributed by atoms with E-state index in [1.165, 1.54) is 57.8 Å². The molecule has 1 atom stereocenters. The minimum Gasteiger partial charge on any atom is -0.465 e. The van der Waals surface area contributed by atoms with E-state index in [2.05, 4.69) is 24.9 Å². The van der Waals surface area contributed by atoms with Crippen molar-refractivity contribution >= 4 is 18.6 Å². The van der Waals surface area contributed by atoms with Crippen LogP contribution in [0.4, 0.5) is 0 Å². The fraction of sp³-hybridized carbons (Fsp3) is 0.941. The zero-order valence-corrected chi connectivity index (χ0v) is 14.9. The molecule has 0 unspecified atom stereocenters. The molecule has 0 aliphatic carbocycles. The average Bonchev–Trinajstić information content (AvgIpc) is 2.49. The molecule has 21 heavy (non-hydrogen) atoms. The van der Waals surface area contributed by atoms with Crippen molar-refractivity contribution in [1.29, 1.82) is 0 Å². The molecule has 3 nitrogen and oxygen atoms in total. The Balaban J connectivity index is 3.20. The Labute approximate surface area is 137 Å². The van der Waals surface area contributed by atoms with Crippen molar-refractivity contribution in [2.75, 3.05) is 19.4 Å². The zero-order valence-electron chi connectivity index (χ0n) is 14.0. The molecule has 0 spiro atoms. The van der Waals surface area contributed by atoms with Crippen LogP contribution < -0.4 is 5.32 Å². The third-order valence-corrected chi connectivity index (χ3v) is 4.17. The first-order valence-electron chi connectivity index (χ1n) is 8.71. The van der Waals surface area contributed by atoms with Crippen molar-refractivity contribution in [2.24, 2.45) is 0 Å². The molecule has 0 bridgehead atoms. The van der Waals surface area contributed by atoms with Crippen molar-refractivity contribution < 1.29 is 9.53 Å². The van der Waals surface area contributed by atoms with Gasteiger partial charge in [0.2, 0.25) is 0 Å². The Bertz CT molecular complexity index is 233. The molecule has 1 N–H and O–H groups in total. The molecule has 0 heterocycles. The van der Waals surface area contributed by atoms with E-state index in [1.807, 2.05) is 0 Å². The van der Waals surface area contributed by atoms with Gasteiger partial charge in [0.05, 0.1) is 6.61 Å². The number of unbranched alkanes of at least 4 members (excludes halogenated alkanes) is 10. The largest absolute Gasteiger partial charge is 0.465 e. The van der Waals surface area contributed by atoms with Gasteiger partial charge in [-0.05, 0) is 13.5 Å². The summed E-state index contributed by atoms with van der Waals surface area (Å²) in [6.45, 7) is 2.80. The first kappa shape index (κ1) is 20.8. The number of rotatable bonds is 15. The van der Waals surface area contributed by atoms with Crippen LogP contribution >= 0.6 is 12.6 Å². The Kier molecular flexibility index (Phi) is 16.0. The highest BCUT2D eigenvalue weighted by molar-refractivity contribution is 7.80. The van der Waals surface area contributed by atoms with Gasteiger partial charge in [-0.25, -0.2) is 0 Å². The van der Waals surface area contributed by atoms with Gasteiger partial charge in [0.1, 0.15) is 6.04 Å². The molecule has 4 heteroatoms. The van der Waals surface area contributed by atoms with Gasteiger partial charge >= 0.3 is 5.97 Å². The lowest BCUT2D eigenvalue weighted by Crippen LogP contribution is -2.37. The summed E-state index contributed by atoms with van der Waals surface area (Å²) in [5.74, 6) is 0.299. The number of nitrogens with one attached hydrogen (secondary N) is 1. The summed E-state index contributed by atoms with van der Waals surface area (Å²) in [4.78, 5) is 11.6. The number of carbonyl (C=O) groups excluding carboxylic acids is 1. The predicted molar refractivity (Wildman–Crippen MR) is 94.1 cm³/mol. The molecule has 0 aromatic carbocycles. The number of esters is 1. The first-order valence-corrected chi connectivity index (χ1v) is 9.34. The summed E-state index contributed by atoms with van der Waals surface area (Å²) in [5.41, 5.74) is 0. The molecule has 0 aliphatic rings. The van der Waals surface area contributed by atoms with Crippen LogP contribution in [0.25, 0.3) is 0 Å². The Morgan fingerprint density at radius 1 is 0.952 bits per heavy atom. The molecule has 0 fully saturated rings. The lowest BCUT2D eigenvalue weighted by Gasteiger charge is -2.12. The van der Waals surface area contributed by atoms with E-state index in [-0.39, 0.29) is 12.0 Å². The van der Waals surface area contributed by atoms with Gasteiger partial charge in [-0.1, -0.05) is 71.1 Å². The van der Waals surface area contributed by atoms with Crippen LogP contribution in [-0.2, 0) is 9.53 Å². The summed E-state index contributed by atoms with van der Waals surface area (Å²) in [5, 5.41) is 2.89. The second kappa shape index (κ2) is 16.2. The average molecular weight is 318 g/mol. The van der Waals surface area contributed by atoms with E-state index < -0.39 is 0 Å². The molecular weight excluding hydrogens is 282 g/mol. The molecule has 0 saturated heterocycles. The number of thiol groups is 1. The molecule has 0 saturated carbocycles.